The van der Waals surface area contributed by atoms with Gasteiger partial charge in [0.25, 0.3) is 0 Å². The van der Waals surface area contributed by atoms with Crippen molar-refractivity contribution in [3.63, 3.8) is 0 Å². The summed E-state index contributed by atoms with van der Waals surface area (Å²) >= 11 is 0. The summed E-state index contributed by atoms with van der Waals surface area (Å²) in [6, 6.07) is 13.2. The molecule has 152 valence electrons. The first-order chi connectivity index (χ1) is 13.5. The van der Waals surface area contributed by atoms with Crippen LogP contribution in [0.15, 0.2) is 40.9 Å². The molecule has 4 heterocycles. The van der Waals surface area contributed by atoms with Crippen molar-refractivity contribution in [1.29, 1.82) is 0 Å². The number of hydrogen-bond acceptors (Lipinski definition) is 4. The van der Waals surface area contributed by atoms with Crippen molar-refractivity contribution in [2.24, 2.45) is 0 Å². The Morgan fingerprint density at radius 1 is 1.00 bits per heavy atom. The Hall–Kier alpha value is -1.65. The zero-order valence-corrected chi connectivity index (χ0v) is 17.8. The first kappa shape index (κ1) is 19.7. The van der Waals surface area contributed by atoms with Crippen LogP contribution in [0.25, 0.3) is 0 Å². The molecule has 2 fully saturated rings. The SMILES string of the molecule is CC(C)N1CCCC1c1ccc(CC2CCC(c3ccccn3)N2C(C)C)o1. The number of hydrogen-bond donors (Lipinski definition) is 0. The van der Waals surface area contributed by atoms with E-state index in [-0.39, 0.29) is 0 Å². The van der Waals surface area contributed by atoms with Crippen molar-refractivity contribution in [1.82, 2.24) is 14.8 Å². The van der Waals surface area contributed by atoms with Gasteiger partial charge in [-0.15, -0.1) is 0 Å². The molecule has 4 nitrogen and oxygen atoms in total. The maximum Gasteiger partial charge on any atom is 0.121 e. The molecule has 0 saturated carbocycles. The van der Waals surface area contributed by atoms with Crippen LogP contribution in [0.2, 0.25) is 0 Å². The van der Waals surface area contributed by atoms with Crippen LogP contribution in [-0.4, -0.2) is 39.5 Å². The molecule has 0 spiro atoms. The summed E-state index contributed by atoms with van der Waals surface area (Å²) in [5, 5.41) is 0. The number of pyridine rings is 1. The van der Waals surface area contributed by atoms with E-state index < -0.39 is 0 Å². The lowest BCUT2D eigenvalue weighted by Crippen LogP contribution is -2.38. The fourth-order valence-electron chi connectivity index (χ4n) is 5.39. The normalized spacial score (nSPS) is 26.7. The Balaban J connectivity index is 1.48. The van der Waals surface area contributed by atoms with E-state index in [1.54, 1.807) is 0 Å². The van der Waals surface area contributed by atoms with Crippen LogP contribution >= 0.6 is 0 Å². The highest BCUT2D eigenvalue weighted by Gasteiger charge is 2.37. The molecule has 2 aliphatic rings. The van der Waals surface area contributed by atoms with Gasteiger partial charge in [0.1, 0.15) is 11.5 Å². The fraction of sp³-hybridized carbons (Fsp3) is 0.625. The molecule has 2 saturated heterocycles. The summed E-state index contributed by atoms with van der Waals surface area (Å²) in [6.07, 6.45) is 7.79. The highest BCUT2D eigenvalue weighted by Crippen LogP contribution is 2.39. The Kier molecular flexibility index (Phi) is 5.88. The van der Waals surface area contributed by atoms with Crippen molar-refractivity contribution in [3.05, 3.63) is 53.7 Å². The van der Waals surface area contributed by atoms with E-state index in [2.05, 4.69) is 66.7 Å². The number of nitrogens with zero attached hydrogens (tertiary/aromatic N) is 3. The highest BCUT2D eigenvalue weighted by atomic mass is 16.3. The standard InChI is InChI=1S/C24H35N3O/c1-17(2)26-15-7-9-23(26)24-13-11-20(28-24)16-19-10-12-22(27(19)18(3)4)21-8-5-6-14-25-21/h5-6,8,11,13-14,17-19,22-23H,7,9-10,12,15-16H2,1-4H3. The van der Waals surface area contributed by atoms with Gasteiger partial charge < -0.3 is 4.42 Å². The molecule has 2 aromatic heterocycles. The summed E-state index contributed by atoms with van der Waals surface area (Å²) in [5.41, 5.74) is 1.21. The lowest BCUT2D eigenvalue weighted by molar-refractivity contribution is 0.139. The Morgan fingerprint density at radius 3 is 2.57 bits per heavy atom. The molecule has 0 bridgehead atoms. The molecule has 0 N–H and O–H groups in total. The molecule has 0 amide bonds. The van der Waals surface area contributed by atoms with Crippen LogP contribution in [0.1, 0.15) is 82.7 Å². The molecule has 3 atom stereocenters. The molecule has 4 rings (SSSR count). The third-order valence-corrected chi connectivity index (χ3v) is 6.59. The number of furan rings is 1. The summed E-state index contributed by atoms with van der Waals surface area (Å²) in [6.45, 7) is 10.4. The average molecular weight is 382 g/mol. The second-order valence-corrected chi connectivity index (χ2v) is 9.04. The van der Waals surface area contributed by atoms with Gasteiger partial charge in [-0.25, -0.2) is 0 Å². The monoisotopic (exact) mass is 381 g/mol. The first-order valence-corrected chi connectivity index (χ1v) is 11.1. The zero-order valence-electron chi connectivity index (χ0n) is 17.8. The molecular formula is C24H35N3O. The van der Waals surface area contributed by atoms with Crippen molar-refractivity contribution in [3.8, 4) is 0 Å². The molecule has 28 heavy (non-hydrogen) atoms. The zero-order chi connectivity index (χ0) is 19.7. The quantitative estimate of drug-likeness (QED) is 0.673. The van der Waals surface area contributed by atoms with E-state index in [0.29, 0.717) is 30.2 Å². The molecule has 2 aliphatic heterocycles. The van der Waals surface area contributed by atoms with E-state index in [0.717, 1.165) is 17.9 Å². The number of aromatic nitrogens is 1. The molecule has 0 aliphatic carbocycles. The van der Waals surface area contributed by atoms with Gasteiger partial charge >= 0.3 is 0 Å². The molecule has 0 radical (unpaired) electrons. The van der Waals surface area contributed by atoms with Crippen LogP contribution in [0.4, 0.5) is 0 Å². The van der Waals surface area contributed by atoms with Gasteiger partial charge in [-0.2, -0.15) is 0 Å². The Labute approximate surface area is 169 Å². The highest BCUT2D eigenvalue weighted by molar-refractivity contribution is 5.16. The maximum atomic E-state index is 6.39. The van der Waals surface area contributed by atoms with Crippen LogP contribution in [0.5, 0.6) is 0 Å². The minimum absolute atomic E-state index is 0.423. The number of likely N-dealkylation sites (tertiary alicyclic amines) is 2. The van der Waals surface area contributed by atoms with Crippen LogP contribution < -0.4 is 0 Å². The third-order valence-electron chi connectivity index (χ3n) is 6.59. The topological polar surface area (TPSA) is 32.5 Å². The Bertz CT molecular complexity index is 754. The van der Waals surface area contributed by atoms with Gasteiger partial charge in [-0.05, 0) is 84.2 Å². The van der Waals surface area contributed by atoms with Crippen LogP contribution in [-0.2, 0) is 6.42 Å². The molecule has 3 unspecified atom stereocenters. The van der Waals surface area contributed by atoms with Gasteiger partial charge in [0.15, 0.2) is 0 Å². The van der Waals surface area contributed by atoms with E-state index in [4.69, 9.17) is 4.42 Å². The summed E-state index contributed by atoms with van der Waals surface area (Å²) < 4.78 is 6.39. The summed E-state index contributed by atoms with van der Waals surface area (Å²) in [4.78, 5) is 9.88. The second kappa shape index (κ2) is 8.38. The van der Waals surface area contributed by atoms with Gasteiger partial charge in [0.2, 0.25) is 0 Å². The largest absolute Gasteiger partial charge is 0.464 e. The summed E-state index contributed by atoms with van der Waals surface area (Å²) in [5.74, 6) is 2.31. The van der Waals surface area contributed by atoms with Gasteiger partial charge in [0.05, 0.1) is 17.8 Å². The third kappa shape index (κ3) is 3.90. The fourth-order valence-corrected chi connectivity index (χ4v) is 5.39. The van der Waals surface area contributed by atoms with Gasteiger partial charge in [0, 0.05) is 30.7 Å². The van der Waals surface area contributed by atoms with Crippen molar-refractivity contribution >= 4 is 0 Å². The van der Waals surface area contributed by atoms with Crippen molar-refractivity contribution in [2.75, 3.05) is 6.54 Å². The lowest BCUT2D eigenvalue weighted by atomic mass is 10.1. The molecular weight excluding hydrogens is 346 g/mol. The predicted molar refractivity (Wildman–Crippen MR) is 113 cm³/mol. The van der Waals surface area contributed by atoms with E-state index >= 15 is 0 Å². The first-order valence-electron chi connectivity index (χ1n) is 11.1. The van der Waals surface area contributed by atoms with E-state index in [1.165, 1.54) is 37.9 Å². The minimum atomic E-state index is 0.423. The lowest BCUT2D eigenvalue weighted by Gasteiger charge is -2.33. The van der Waals surface area contributed by atoms with Gasteiger partial charge in [-0.3, -0.25) is 14.8 Å². The van der Waals surface area contributed by atoms with Crippen molar-refractivity contribution < 1.29 is 4.42 Å². The number of rotatable bonds is 6. The van der Waals surface area contributed by atoms with E-state index in [9.17, 15) is 0 Å². The predicted octanol–water partition coefficient (Wildman–Crippen LogP) is 5.38. The minimum Gasteiger partial charge on any atom is -0.464 e. The average Bonchev–Trinajstić information content (AvgIpc) is 3.41. The molecule has 2 aromatic rings. The van der Waals surface area contributed by atoms with Crippen LogP contribution in [0.3, 0.4) is 0 Å². The van der Waals surface area contributed by atoms with E-state index in [1.807, 2.05) is 12.3 Å². The smallest absolute Gasteiger partial charge is 0.121 e. The summed E-state index contributed by atoms with van der Waals surface area (Å²) in [7, 11) is 0. The molecule has 0 aromatic carbocycles. The van der Waals surface area contributed by atoms with Crippen LogP contribution in [0, 0.1) is 0 Å². The maximum absolute atomic E-state index is 6.39. The van der Waals surface area contributed by atoms with Crippen molar-refractivity contribution in [2.45, 2.75) is 90.0 Å². The molecule has 4 heteroatoms. The Morgan fingerprint density at radius 2 is 1.86 bits per heavy atom. The second-order valence-electron chi connectivity index (χ2n) is 9.04. The van der Waals surface area contributed by atoms with Gasteiger partial charge in [-0.1, -0.05) is 6.07 Å².